The molecule has 0 aromatic heterocycles. The SMILES string of the molecule is Cc1ccc(OC(F)(F)F)cc1OC(F)F. The van der Waals surface area contributed by atoms with Crippen LogP contribution in [0.25, 0.3) is 0 Å². The summed E-state index contributed by atoms with van der Waals surface area (Å²) in [7, 11) is 0. The summed E-state index contributed by atoms with van der Waals surface area (Å²) in [6.45, 7) is -1.67. The molecule has 0 fully saturated rings. The van der Waals surface area contributed by atoms with E-state index in [9.17, 15) is 22.0 Å². The van der Waals surface area contributed by atoms with Crippen molar-refractivity contribution >= 4 is 0 Å². The molecule has 0 saturated heterocycles. The van der Waals surface area contributed by atoms with Gasteiger partial charge in [-0.05, 0) is 18.6 Å². The molecule has 0 atom stereocenters. The van der Waals surface area contributed by atoms with Crippen molar-refractivity contribution in [1.82, 2.24) is 0 Å². The molecular weight excluding hydrogens is 235 g/mol. The lowest BCUT2D eigenvalue weighted by Gasteiger charge is -2.12. The van der Waals surface area contributed by atoms with Gasteiger partial charge in [-0.3, -0.25) is 0 Å². The summed E-state index contributed by atoms with van der Waals surface area (Å²) in [6.07, 6.45) is -4.86. The molecule has 2 nitrogen and oxygen atoms in total. The molecule has 0 unspecified atom stereocenters. The van der Waals surface area contributed by atoms with Crippen LogP contribution in [-0.4, -0.2) is 13.0 Å². The van der Waals surface area contributed by atoms with Crippen molar-refractivity contribution in [2.45, 2.75) is 19.9 Å². The summed E-state index contributed by atoms with van der Waals surface area (Å²) in [5.74, 6) is -0.953. The minimum atomic E-state index is -4.86. The normalized spacial score (nSPS) is 11.7. The first kappa shape index (κ1) is 12.5. The largest absolute Gasteiger partial charge is 0.573 e. The maximum absolute atomic E-state index is 11.9. The number of hydrogen-bond acceptors (Lipinski definition) is 2. The van der Waals surface area contributed by atoms with Crippen LogP contribution in [0.5, 0.6) is 11.5 Å². The Morgan fingerprint density at radius 1 is 1.19 bits per heavy atom. The fraction of sp³-hybridized carbons (Fsp3) is 0.333. The smallest absolute Gasteiger partial charge is 0.434 e. The Bertz CT molecular complexity index is 361. The van der Waals surface area contributed by atoms with Gasteiger partial charge in [0.2, 0.25) is 0 Å². The number of rotatable bonds is 3. The number of hydrogen-bond donors (Lipinski definition) is 0. The van der Waals surface area contributed by atoms with Gasteiger partial charge in [0.1, 0.15) is 11.5 Å². The molecule has 1 aromatic rings. The van der Waals surface area contributed by atoms with Gasteiger partial charge in [0, 0.05) is 6.07 Å². The van der Waals surface area contributed by atoms with Crippen molar-refractivity contribution in [3.63, 3.8) is 0 Å². The van der Waals surface area contributed by atoms with Crippen molar-refractivity contribution in [1.29, 1.82) is 0 Å². The number of halogens is 5. The number of alkyl halides is 5. The van der Waals surface area contributed by atoms with Gasteiger partial charge < -0.3 is 9.47 Å². The van der Waals surface area contributed by atoms with Crippen LogP contribution in [0.2, 0.25) is 0 Å². The topological polar surface area (TPSA) is 18.5 Å². The van der Waals surface area contributed by atoms with E-state index >= 15 is 0 Å². The molecule has 0 aliphatic heterocycles. The van der Waals surface area contributed by atoms with E-state index in [0.717, 1.165) is 12.1 Å². The fourth-order valence-electron chi connectivity index (χ4n) is 1.00. The van der Waals surface area contributed by atoms with E-state index in [1.807, 2.05) is 0 Å². The average Bonchev–Trinajstić information content (AvgIpc) is 2.07. The highest BCUT2D eigenvalue weighted by Gasteiger charge is 2.31. The van der Waals surface area contributed by atoms with E-state index < -0.39 is 18.7 Å². The average molecular weight is 242 g/mol. The predicted molar refractivity (Wildman–Crippen MR) is 44.5 cm³/mol. The molecule has 0 aliphatic rings. The van der Waals surface area contributed by atoms with E-state index in [1.165, 1.54) is 13.0 Å². The Morgan fingerprint density at radius 3 is 2.31 bits per heavy atom. The second-order valence-electron chi connectivity index (χ2n) is 2.85. The summed E-state index contributed by atoms with van der Waals surface area (Å²) in [5.41, 5.74) is 0.287. The fourth-order valence-corrected chi connectivity index (χ4v) is 1.00. The number of aryl methyl sites for hydroxylation is 1. The Kier molecular flexibility index (Phi) is 3.56. The van der Waals surface area contributed by atoms with Crippen molar-refractivity contribution in [3.8, 4) is 11.5 Å². The summed E-state index contributed by atoms with van der Waals surface area (Å²) in [5, 5.41) is 0. The third kappa shape index (κ3) is 3.92. The van der Waals surface area contributed by atoms with Crippen LogP contribution in [0.15, 0.2) is 18.2 Å². The van der Waals surface area contributed by atoms with E-state index in [0.29, 0.717) is 0 Å². The second-order valence-corrected chi connectivity index (χ2v) is 2.85. The first-order valence-electron chi connectivity index (χ1n) is 4.09. The molecule has 7 heteroatoms. The van der Waals surface area contributed by atoms with Gasteiger partial charge in [0.15, 0.2) is 0 Å². The molecule has 90 valence electrons. The Labute approximate surface area is 87.6 Å². The van der Waals surface area contributed by atoms with Crippen LogP contribution < -0.4 is 9.47 Å². The molecule has 0 spiro atoms. The zero-order chi connectivity index (χ0) is 12.3. The second kappa shape index (κ2) is 4.54. The van der Waals surface area contributed by atoms with Crippen LogP contribution in [0.1, 0.15) is 5.56 Å². The molecule has 16 heavy (non-hydrogen) atoms. The van der Waals surface area contributed by atoms with E-state index in [-0.39, 0.29) is 11.3 Å². The number of ether oxygens (including phenoxy) is 2. The van der Waals surface area contributed by atoms with E-state index in [1.54, 1.807) is 0 Å². The zero-order valence-corrected chi connectivity index (χ0v) is 8.02. The first-order chi connectivity index (χ1) is 7.28. The molecule has 0 heterocycles. The van der Waals surface area contributed by atoms with Gasteiger partial charge in [-0.15, -0.1) is 13.2 Å². The molecule has 0 bridgehead atoms. The van der Waals surface area contributed by atoms with E-state index in [4.69, 9.17) is 0 Å². The molecular formula is C9H7F5O2. The van der Waals surface area contributed by atoms with Crippen molar-refractivity contribution in [2.75, 3.05) is 0 Å². The van der Waals surface area contributed by atoms with Crippen LogP contribution in [0.3, 0.4) is 0 Å². The monoisotopic (exact) mass is 242 g/mol. The van der Waals surface area contributed by atoms with Crippen LogP contribution in [0, 0.1) is 6.92 Å². The van der Waals surface area contributed by atoms with Crippen molar-refractivity contribution in [3.05, 3.63) is 23.8 Å². The molecule has 0 saturated carbocycles. The quantitative estimate of drug-likeness (QED) is 0.755. The van der Waals surface area contributed by atoms with Crippen molar-refractivity contribution in [2.24, 2.45) is 0 Å². The van der Waals surface area contributed by atoms with Crippen LogP contribution in [0.4, 0.5) is 22.0 Å². The standard InChI is InChI=1S/C9H7F5O2/c1-5-2-3-6(16-9(12,13)14)4-7(5)15-8(10)11/h2-4,8H,1H3. The molecule has 1 aromatic carbocycles. The third-order valence-electron chi connectivity index (χ3n) is 1.61. The van der Waals surface area contributed by atoms with Crippen LogP contribution in [-0.2, 0) is 0 Å². The summed E-state index contributed by atoms with van der Waals surface area (Å²) < 4.78 is 66.8. The highest BCUT2D eigenvalue weighted by atomic mass is 19.4. The maximum Gasteiger partial charge on any atom is 0.573 e. The summed E-state index contributed by atoms with van der Waals surface area (Å²) in [6, 6.07) is 2.97. The Balaban J connectivity index is 2.89. The summed E-state index contributed by atoms with van der Waals surface area (Å²) >= 11 is 0. The lowest BCUT2D eigenvalue weighted by atomic mass is 10.2. The molecule has 0 radical (unpaired) electrons. The van der Waals surface area contributed by atoms with E-state index in [2.05, 4.69) is 9.47 Å². The highest BCUT2D eigenvalue weighted by molar-refractivity contribution is 5.39. The third-order valence-corrected chi connectivity index (χ3v) is 1.61. The van der Waals surface area contributed by atoms with Gasteiger partial charge in [-0.2, -0.15) is 8.78 Å². The first-order valence-corrected chi connectivity index (χ1v) is 4.09. The van der Waals surface area contributed by atoms with Crippen molar-refractivity contribution < 1.29 is 31.4 Å². The minimum absolute atomic E-state index is 0.287. The lowest BCUT2D eigenvalue weighted by Crippen LogP contribution is -2.17. The van der Waals surface area contributed by atoms with Gasteiger partial charge in [0.25, 0.3) is 0 Å². The Morgan fingerprint density at radius 2 is 1.81 bits per heavy atom. The van der Waals surface area contributed by atoms with Gasteiger partial charge >= 0.3 is 13.0 Å². The van der Waals surface area contributed by atoms with Gasteiger partial charge in [0.05, 0.1) is 0 Å². The highest BCUT2D eigenvalue weighted by Crippen LogP contribution is 2.29. The maximum atomic E-state index is 11.9. The lowest BCUT2D eigenvalue weighted by molar-refractivity contribution is -0.274. The zero-order valence-electron chi connectivity index (χ0n) is 8.02. The molecule has 0 aliphatic carbocycles. The summed E-state index contributed by atoms with van der Waals surface area (Å²) in [4.78, 5) is 0. The number of benzene rings is 1. The van der Waals surface area contributed by atoms with Gasteiger partial charge in [-0.1, -0.05) is 6.07 Å². The predicted octanol–water partition coefficient (Wildman–Crippen LogP) is 3.50. The molecule has 0 N–H and O–H groups in total. The molecule has 0 amide bonds. The molecule has 1 rings (SSSR count). The Hall–Kier alpha value is -1.53. The van der Waals surface area contributed by atoms with Crippen LogP contribution >= 0.6 is 0 Å². The van der Waals surface area contributed by atoms with Gasteiger partial charge in [-0.25, -0.2) is 0 Å². The minimum Gasteiger partial charge on any atom is -0.434 e.